The zero-order chi connectivity index (χ0) is 16.0. The van der Waals surface area contributed by atoms with Crippen LogP contribution in [-0.2, 0) is 9.59 Å². The number of unbranched alkanes of at least 4 members (excludes halogenated alkanes) is 2. The molecule has 6 heteroatoms. The van der Waals surface area contributed by atoms with Crippen molar-refractivity contribution in [3.05, 3.63) is 0 Å². The number of hydrogen-bond donors (Lipinski definition) is 0. The summed E-state index contributed by atoms with van der Waals surface area (Å²) in [4.78, 5) is 20.7. The average molecular weight is 437 g/mol. The Kier molecular flexibility index (Phi) is 28.8. The average Bonchev–Trinajstić information content (AvgIpc) is 2.40. The summed E-state index contributed by atoms with van der Waals surface area (Å²) in [5, 5.41) is 20.7. The molecule has 0 N–H and O–H groups in total. The van der Waals surface area contributed by atoms with Crippen LogP contribution in [0.25, 0.3) is 0 Å². The van der Waals surface area contributed by atoms with Crippen molar-refractivity contribution in [3.8, 4) is 0 Å². The fourth-order valence-corrected chi connectivity index (χ4v) is 1.88. The first-order valence-electron chi connectivity index (χ1n) is 7.86. The first-order valence-corrected chi connectivity index (χ1v) is 7.86. The smallest absolute Gasteiger partial charge is 1.00 e. The van der Waals surface area contributed by atoms with E-state index < -0.39 is 11.9 Å². The molecule has 0 aromatic rings. The Morgan fingerprint density at radius 1 is 0.773 bits per heavy atom. The van der Waals surface area contributed by atoms with Gasteiger partial charge in [0.2, 0.25) is 0 Å². The minimum absolute atomic E-state index is 0. The van der Waals surface area contributed by atoms with Gasteiger partial charge in [-0.25, -0.2) is 0 Å². The second kappa shape index (κ2) is 21.1. The van der Waals surface area contributed by atoms with E-state index >= 15 is 0 Å². The van der Waals surface area contributed by atoms with Crippen LogP contribution in [-0.4, -0.2) is 37.8 Å². The fourth-order valence-electron chi connectivity index (χ4n) is 1.88. The van der Waals surface area contributed by atoms with Gasteiger partial charge in [-0.3, -0.25) is 0 Å². The Morgan fingerprint density at radius 3 is 1.18 bits per heavy atom. The van der Waals surface area contributed by atoms with E-state index in [1.165, 1.54) is 0 Å². The van der Waals surface area contributed by atoms with E-state index in [2.05, 4.69) is 13.8 Å². The van der Waals surface area contributed by atoms with E-state index in [1.54, 1.807) is 0 Å². The Balaban J connectivity index is -0.000000135. The molecule has 4 nitrogen and oxygen atoms in total. The summed E-state index contributed by atoms with van der Waals surface area (Å²) < 4.78 is 0. The number of carboxylic acid groups (broad SMARTS) is 2. The zero-order valence-electron chi connectivity index (χ0n) is 14.4. The van der Waals surface area contributed by atoms with E-state index in [4.69, 9.17) is 0 Å². The zero-order valence-corrected chi connectivity index (χ0v) is 18.5. The van der Waals surface area contributed by atoms with Gasteiger partial charge in [-0.15, -0.1) is 0 Å². The summed E-state index contributed by atoms with van der Waals surface area (Å²) in [7, 11) is 0. The van der Waals surface area contributed by atoms with Crippen LogP contribution in [0.3, 0.4) is 0 Å². The molecule has 2 unspecified atom stereocenters. The van der Waals surface area contributed by atoms with Gasteiger partial charge in [-0.1, -0.05) is 53.4 Å². The van der Waals surface area contributed by atoms with E-state index in [1.807, 2.05) is 13.8 Å². The van der Waals surface area contributed by atoms with Gasteiger partial charge >= 0.3 is 25.8 Å². The van der Waals surface area contributed by atoms with Gasteiger partial charge in [0.05, 0.1) is 0 Å². The Morgan fingerprint density at radius 2 is 1.05 bits per heavy atom. The van der Waals surface area contributed by atoms with E-state index in [0.717, 1.165) is 38.5 Å². The number of carboxylic acids is 2. The predicted molar refractivity (Wildman–Crippen MR) is 82.4 cm³/mol. The van der Waals surface area contributed by atoms with Crippen molar-refractivity contribution in [1.82, 2.24) is 0 Å². The second-order valence-corrected chi connectivity index (χ2v) is 5.13. The van der Waals surface area contributed by atoms with Crippen molar-refractivity contribution >= 4 is 37.8 Å². The molecular weight excluding hydrogens is 406 g/mol. The number of hydrogen-bond acceptors (Lipinski definition) is 4. The molecule has 0 aliphatic heterocycles. The van der Waals surface area contributed by atoms with Crippen LogP contribution in [0.4, 0.5) is 0 Å². The fraction of sp³-hybridized carbons (Fsp3) is 0.875. The summed E-state index contributed by atoms with van der Waals surface area (Å²) >= 11 is 0. The topological polar surface area (TPSA) is 80.3 Å². The molecule has 2 atom stereocenters. The third-order valence-electron chi connectivity index (χ3n) is 3.46. The second-order valence-electron chi connectivity index (χ2n) is 5.13. The SMILES string of the molecule is CCCCC(CC)C(=O)[O-].CCCCC(CC)C(=O)[O-].[Cl-].[In+3]. The molecule has 0 saturated heterocycles. The van der Waals surface area contributed by atoms with Gasteiger partial charge in [0.25, 0.3) is 0 Å². The Hall–Kier alpha value is 0.100. The van der Waals surface area contributed by atoms with E-state index in [-0.39, 0.29) is 50.1 Å². The number of rotatable bonds is 10. The third kappa shape index (κ3) is 18.1. The van der Waals surface area contributed by atoms with Crippen LogP contribution in [0.15, 0.2) is 0 Å². The van der Waals surface area contributed by atoms with Gasteiger partial charge in [0, 0.05) is 11.9 Å². The van der Waals surface area contributed by atoms with Crippen molar-refractivity contribution in [3.63, 3.8) is 0 Å². The van der Waals surface area contributed by atoms with Gasteiger partial charge in [-0.2, -0.15) is 0 Å². The Labute approximate surface area is 160 Å². The molecule has 0 heterocycles. The Bertz CT molecular complexity index is 237. The van der Waals surface area contributed by atoms with Crippen molar-refractivity contribution in [1.29, 1.82) is 0 Å². The molecule has 128 valence electrons. The normalized spacial score (nSPS) is 11.8. The van der Waals surface area contributed by atoms with Crippen LogP contribution in [0.5, 0.6) is 0 Å². The molecule has 0 saturated carbocycles. The van der Waals surface area contributed by atoms with Gasteiger partial charge < -0.3 is 32.2 Å². The molecule has 0 rings (SSSR count). The summed E-state index contributed by atoms with van der Waals surface area (Å²) in [5.41, 5.74) is 0. The molecule has 0 spiro atoms. The summed E-state index contributed by atoms with van der Waals surface area (Å²) in [6.45, 7) is 7.89. The van der Waals surface area contributed by atoms with Crippen LogP contribution in [0.2, 0.25) is 0 Å². The molecule has 0 bridgehead atoms. The maximum Gasteiger partial charge on any atom is 3.00 e. The monoisotopic (exact) mass is 436 g/mol. The third-order valence-corrected chi connectivity index (χ3v) is 3.46. The summed E-state index contributed by atoms with van der Waals surface area (Å²) in [5.74, 6) is -2.23. The van der Waals surface area contributed by atoms with Gasteiger partial charge in [0.1, 0.15) is 0 Å². The van der Waals surface area contributed by atoms with E-state index in [0.29, 0.717) is 12.8 Å². The molecular formula is C16H30ClInO4. The molecule has 0 fully saturated rings. The number of aliphatic carboxylic acids is 2. The van der Waals surface area contributed by atoms with Crippen LogP contribution in [0, 0.1) is 11.8 Å². The molecule has 0 aromatic carbocycles. The van der Waals surface area contributed by atoms with Crippen LogP contribution < -0.4 is 22.6 Å². The minimum Gasteiger partial charge on any atom is -1.00 e. The minimum atomic E-state index is -0.893. The van der Waals surface area contributed by atoms with Gasteiger partial charge in [-0.05, 0) is 37.5 Å². The summed E-state index contributed by atoms with van der Waals surface area (Å²) in [6, 6.07) is 0. The first kappa shape index (κ1) is 30.0. The van der Waals surface area contributed by atoms with Crippen LogP contribution >= 0.6 is 0 Å². The molecule has 0 aliphatic rings. The maximum absolute atomic E-state index is 10.3. The van der Waals surface area contributed by atoms with Gasteiger partial charge in [0.15, 0.2) is 0 Å². The predicted octanol–water partition coefficient (Wildman–Crippen LogP) is -1.47. The quantitative estimate of drug-likeness (QED) is 0.419. The van der Waals surface area contributed by atoms with Crippen molar-refractivity contribution < 1.29 is 32.2 Å². The first-order chi connectivity index (χ1) is 9.44. The number of halogens is 1. The maximum atomic E-state index is 10.3. The van der Waals surface area contributed by atoms with Crippen molar-refractivity contribution in [2.75, 3.05) is 0 Å². The van der Waals surface area contributed by atoms with Crippen molar-refractivity contribution in [2.45, 2.75) is 79.1 Å². The van der Waals surface area contributed by atoms with E-state index in [9.17, 15) is 19.8 Å². The summed E-state index contributed by atoms with van der Waals surface area (Å²) in [6.07, 6.45) is 7.04. The standard InChI is InChI=1S/2C8H16O2.ClH.In/c2*1-3-5-6-7(4-2)8(9)10;;/h2*7H,3-6H2,1-2H3,(H,9,10);1H;/q;;;+3/p-3. The van der Waals surface area contributed by atoms with Crippen molar-refractivity contribution in [2.24, 2.45) is 11.8 Å². The molecule has 0 amide bonds. The number of carbonyl (C=O) groups excluding carboxylic acids is 2. The molecule has 22 heavy (non-hydrogen) atoms. The largest absolute Gasteiger partial charge is 3.00 e. The number of carbonyl (C=O) groups is 2. The molecule has 0 aliphatic carbocycles. The van der Waals surface area contributed by atoms with Crippen LogP contribution in [0.1, 0.15) is 79.1 Å². The molecule has 0 aromatic heterocycles. The molecule has 0 radical (unpaired) electrons.